The van der Waals surface area contributed by atoms with Gasteiger partial charge < -0.3 is 20.4 Å². The molecule has 0 saturated heterocycles. The molecule has 0 spiro atoms. The van der Waals surface area contributed by atoms with Crippen LogP contribution in [0.3, 0.4) is 0 Å². The first-order valence-electron chi connectivity index (χ1n) is 5.80. The van der Waals surface area contributed by atoms with Crippen molar-refractivity contribution < 1.29 is 25.2 Å². The third kappa shape index (κ3) is 2.41. The number of benzene rings is 1. The Balaban J connectivity index is 2.58. The molecular weight excluding hydrogens is 262 g/mol. The van der Waals surface area contributed by atoms with Crippen molar-refractivity contribution in [1.82, 2.24) is 0 Å². The van der Waals surface area contributed by atoms with E-state index in [0.717, 1.165) is 12.1 Å². The second-order valence-corrected chi connectivity index (χ2v) is 4.31. The minimum atomic E-state index is -0.400. The maximum absolute atomic E-state index is 12.0. The molecule has 2 rings (SSSR count). The SMILES string of the molecule is CC1=NC=C(CO)C(=Cc2c(O)cc(O)cc2O)C1=O. The van der Waals surface area contributed by atoms with Gasteiger partial charge in [-0.15, -0.1) is 0 Å². The molecule has 0 aliphatic carbocycles. The topological polar surface area (TPSA) is 110 Å². The van der Waals surface area contributed by atoms with E-state index in [9.17, 15) is 25.2 Å². The van der Waals surface area contributed by atoms with Crippen LogP contribution in [0.2, 0.25) is 0 Å². The van der Waals surface area contributed by atoms with E-state index in [0.29, 0.717) is 0 Å². The molecule has 1 aliphatic heterocycles. The van der Waals surface area contributed by atoms with Crippen LogP contribution in [0.25, 0.3) is 6.08 Å². The molecule has 0 amide bonds. The Kier molecular flexibility index (Phi) is 3.58. The summed E-state index contributed by atoms with van der Waals surface area (Å²) in [5.41, 5.74) is 0.648. The van der Waals surface area contributed by atoms with E-state index in [2.05, 4.69) is 4.99 Å². The Morgan fingerprint density at radius 1 is 1.20 bits per heavy atom. The third-order valence-electron chi connectivity index (χ3n) is 2.91. The molecule has 0 atom stereocenters. The summed E-state index contributed by atoms with van der Waals surface area (Å²) in [5, 5.41) is 37.9. The molecule has 1 aromatic carbocycles. The van der Waals surface area contributed by atoms with Crippen molar-refractivity contribution in [1.29, 1.82) is 0 Å². The van der Waals surface area contributed by atoms with Gasteiger partial charge in [0.1, 0.15) is 17.2 Å². The smallest absolute Gasteiger partial charge is 0.207 e. The average molecular weight is 275 g/mol. The van der Waals surface area contributed by atoms with Crippen LogP contribution in [0.4, 0.5) is 0 Å². The van der Waals surface area contributed by atoms with E-state index in [4.69, 9.17) is 0 Å². The van der Waals surface area contributed by atoms with Crippen LogP contribution in [0, 0.1) is 0 Å². The molecule has 0 radical (unpaired) electrons. The lowest BCUT2D eigenvalue weighted by Gasteiger charge is -2.13. The second-order valence-electron chi connectivity index (χ2n) is 4.31. The van der Waals surface area contributed by atoms with Crippen molar-refractivity contribution in [3.8, 4) is 17.2 Å². The molecule has 1 heterocycles. The van der Waals surface area contributed by atoms with Gasteiger partial charge in [0.25, 0.3) is 0 Å². The number of carbonyl (C=O) groups excluding carboxylic acids is 1. The van der Waals surface area contributed by atoms with Crippen LogP contribution in [0.5, 0.6) is 17.2 Å². The predicted molar refractivity (Wildman–Crippen MR) is 72.7 cm³/mol. The quantitative estimate of drug-likeness (QED) is 0.604. The van der Waals surface area contributed by atoms with Gasteiger partial charge in [-0.1, -0.05) is 0 Å². The van der Waals surface area contributed by atoms with E-state index in [1.54, 1.807) is 0 Å². The monoisotopic (exact) mass is 275 g/mol. The highest BCUT2D eigenvalue weighted by Gasteiger charge is 2.21. The normalized spacial score (nSPS) is 17.1. The minimum Gasteiger partial charge on any atom is -0.508 e. The molecular formula is C14H13NO5. The molecule has 20 heavy (non-hydrogen) atoms. The van der Waals surface area contributed by atoms with Crippen molar-refractivity contribution in [2.75, 3.05) is 6.61 Å². The fourth-order valence-corrected chi connectivity index (χ4v) is 1.83. The maximum atomic E-state index is 12.0. The molecule has 0 bridgehead atoms. The lowest BCUT2D eigenvalue weighted by atomic mass is 9.95. The Hall–Kier alpha value is -2.60. The van der Waals surface area contributed by atoms with E-state index < -0.39 is 12.4 Å². The first-order valence-corrected chi connectivity index (χ1v) is 5.80. The molecule has 4 N–H and O–H groups in total. The Labute approximate surface area is 114 Å². The Morgan fingerprint density at radius 3 is 2.35 bits per heavy atom. The molecule has 6 nitrogen and oxygen atoms in total. The lowest BCUT2D eigenvalue weighted by molar-refractivity contribution is -0.109. The number of ketones is 1. The lowest BCUT2D eigenvalue weighted by Crippen LogP contribution is -2.19. The summed E-state index contributed by atoms with van der Waals surface area (Å²) in [4.78, 5) is 15.9. The highest BCUT2D eigenvalue weighted by Crippen LogP contribution is 2.35. The zero-order chi connectivity index (χ0) is 14.9. The van der Waals surface area contributed by atoms with Crippen LogP contribution in [0.1, 0.15) is 12.5 Å². The minimum absolute atomic E-state index is 0.0137. The first kappa shape index (κ1) is 13.8. The summed E-state index contributed by atoms with van der Waals surface area (Å²) >= 11 is 0. The molecule has 0 aromatic heterocycles. The van der Waals surface area contributed by atoms with Crippen LogP contribution in [-0.4, -0.2) is 38.5 Å². The maximum Gasteiger partial charge on any atom is 0.207 e. The zero-order valence-corrected chi connectivity index (χ0v) is 10.7. The van der Waals surface area contributed by atoms with Crippen LogP contribution >= 0.6 is 0 Å². The van der Waals surface area contributed by atoms with Gasteiger partial charge in [-0.3, -0.25) is 9.79 Å². The fourth-order valence-electron chi connectivity index (χ4n) is 1.83. The number of aliphatic hydroxyl groups is 1. The number of Topliss-reactive ketones (excluding diaryl/α,β-unsaturated/α-hetero) is 1. The Morgan fingerprint density at radius 2 is 1.80 bits per heavy atom. The van der Waals surface area contributed by atoms with Crippen molar-refractivity contribution >= 4 is 17.6 Å². The summed E-state index contributed by atoms with van der Waals surface area (Å²) in [6.45, 7) is 1.13. The molecule has 0 fully saturated rings. The van der Waals surface area contributed by atoms with Crippen LogP contribution in [0.15, 0.2) is 34.5 Å². The molecule has 1 aliphatic rings. The van der Waals surface area contributed by atoms with Crippen LogP contribution < -0.4 is 0 Å². The molecule has 6 heteroatoms. The number of rotatable bonds is 2. The highest BCUT2D eigenvalue weighted by atomic mass is 16.3. The number of hydrogen-bond acceptors (Lipinski definition) is 6. The van der Waals surface area contributed by atoms with Gasteiger partial charge in [0.15, 0.2) is 0 Å². The number of phenols is 3. The molecule has 0 saturated carbocycles. The highest BCUT2D eigenvalue weighted by molar-refractivity contribution is 6.47. The molecule has 104 valence electrons. The molecule has 1 aromatic rings. The van der Waals surface area contributed by atoms with Crippen molar-refractivity contribution in [3.63, 3.8) is 0 Å². The number of carbonyl (C=O) groups is 1. The summed E-state index contributed by atoms with van der Waals surface area (Å²) in [7, 11) is 0. The van der Waals surface area contributed by atoms with Gasteiger partial charge in [0.2, 0.25) is 5.78 Å². The number of aliphatic imine (C=N–C) groups is 1. The third-order valence-corrected chi connectivity index (χ3v) is 2.91. The predicted octanol–water partition coefficient (Wildman–Crippen LogP) is 1.11. The second kappa shape index (κ2) is 5.18. The standard InChI is InChI=1S/C14H13NO5/c1-7-14(20)10(8(6-16)5-15-7)4-11-12(18)2-9(17)3-13(11)19/h2-5,16-19H,6H2,1H3. The largest absolute Gasteiger partial charge is 0.508 e. The number of phenolic OH excluding ortho intramolecular Hbond substituents is 3. The van der Waals surface area contributed by atoms with Gasteiger partial charge in [0, 0.05) is 29.5 Å². The zero-order valence-electron chi connectivity index (χ0n) is 10.7. The fraction of sp³-hybridized carbons (Fsp3) is 0.143. The van der Waals surface area contributed by atoms with E-state index in [-0.39, 0.29) is 39.7 Å². The van der Waals surface area contributed by atoms with Gasteiger partial charge in [-0.25, -0.2) is 0 Å². The van der Waals surface area contributed by atoms with Crippen molar-refractivity contribution in [2.45, 2.75) is 6.92 Å². The first-order chi connectivity index (χ1) is 9.43. The van der Waals surface area contributed by atoms with Crippen molar-refractivity contribution in [2.24, 2.45) is 4.99 Å². The number of hydrogen-bond donors (Lipinski definition) is 4. The van der Waals surface area contributed by atoms with Gasteiger partial charge >= 0.3 is 0 Å². The van der Waals surface area contributed by atoms with Gasteiger partial charge in [-0.2, -0.15) is 0 Å². The van der Waals surface area contributed by atoms with Gasteiger partial charge in [-0.05, 0) is 13.0 Å². The Bertz CT molecular complexity index is 647. The number of aliphatic hydroxyl groups excluding tert-OH is 1. The van der Waals surface area contributed by atoms with Crippen molar-refractivity contribution in [3.05, 3.63) is 35.0 Å². The van der Waals surface area contributed by atoms with Gasteiger partial charge in [0.05, 0.1) is 17.9 Å². The van der Waals surface area contributed by atoms with E-state index in [1.165, 1.54) is 19.2 Å². The summed E-state index contributed by atoms with van der Waals surface area (Å²) in [5.74, 6) is -1.45. The summed E-state index contributed by atoms with van der Waals surface area (Å²) in [6.07, 6.45) is 2.61. The average Bonchev–Trinajstić information content (AvgIpc) is 2.38. The summed E-state index contributed by atoms with van der Waals surface area (Å²) in [6, 6.07) is 2.09. The number of aromatic hydroxyl groups is 3. The van der Waals surface area contributed by atoms with E-state index >= 15 is 0 Å². The van der Waals surface area contributed by atoms with E-state index in [1.807, 2.05) is 0 Å². The summed E-state index contributed by atoms with van der Waals surface area (Å²) < 4.78 is 0. The molecule has 0 unspecified atom stereocenters. The number of nitrogens with zero attached hydrogens (tertiary/aromatic N) is 1. The van der Waals surface area contributed by atoms with Crippen LogP contribution in [-0.2, 0) is 4.79 Å².